The van der Waals surface area contributed by atoms with Gasteiger partial charge in [-0.05, 0) is 38.1 Å². The summed E-state index contributed by atoms with van der Waals surface area (Å²) in [7, 11) is 0. The molecular weight excluding hydrogens is 265 g/mol. The maximum Gasteiger partial charge on any atom is 0.416 e. The van der Waals surface area contributed by atoms with E-state index in [-0.39, 0.29) is 0 Å². The number of rotatable bonds is 1. The largest absolute Gasteiger partial charge is 0.416 e. The summed E-state index contributed by atoms with van der Waals surface area (Å²) in [5.74, 6) is 0. The summed E-state index contributed by atoms with van der Waals surface area (Å²) in [6.07, 6.45) is -4.33. The molecule has 96 valence electrons. The van der Waals surface area contributed by atoms with Gasteiger partial charge >= 0.3 is 6.18 Å². The highest BCUT2D eigenvalue weighted by atomic mass is 35.5. The highest BCUT2D eigenvalue weighted by Gasteiger charge is 2.30. The van der Waals surface area contributed by atoms with Crippen LogP contribution in [-0.2, 0) is 6.18 Å². The summed E-state index contributed by atoms with van der Waals surface area (Å²) in [5.41, 5.74) is 1.22. The standard InChI is InChI=1S/C12H10ClF3N2/c1-7-11(13)8(2)18(17-7)10-5-3-9(4-6-10)12(14,15)16/h3-6H,1-2H3. The van der Waals surface area contributed by atoms with Gasteiger partial charge in [0.05, 0.1) is 27.7 Å². The van der Waals surface area contributed by atoms with Crippen molar-refractivity contribution in [3.8, 4) is 5.69 Å². The molecule has 2 aromatic rings. The van der Waals surface area contributed by atoms with E-state index in [4.69, 9.17) is 11.6 Å². The highest BCUT2D eigenvalue weighted by molar-refractivity contribution is 6.31. The Morgan fingerprint density at radius 1 is 1.11 bits per heavy atom. The maximum atomic E-state index is 12.4. The lowest BCUT2D eigenvalue weighted by Crippen LogP contribution is -2.05. The lowest BCUT2D eigenvalue weighted by Gasteiger charge is -2.08. The van der Waals surface area contributed by atoms with Crippen molar-refractivity contribution in [3.63, 3.8) is 0 Å². The number of benzene rings is 1. The van der Waals surface area contributed by atoms with Crippen molar-refractivity contribution < 1.29 is 13.2 Å². The van der Waals surface area contributed by atoms with Gasteiger partial charge in [-0.25, -0.2) is 4.68 Å². The fourth-order valence-electron chi connectivity index (χ4n) is 1.67. The number of aryl methyl sites for hydroxylation is 1. The van der Waals surface area contributed by atoms with Gasteiger partial charge in [-0.1, -0.05) is 11.6 Å². The molecule has 2 nitrogen and oxygen atoms in total. The van der Waals surface area contributed by atoms with Gasteiger partial charge in [-0.15, -0.1) is 0 Å². The molecule has 0 aliphatic carbocycles. The minimum Gasteiger partial charge on any atom is -0.236 e. The third kappa shape index (κ3) is 2.22. The van der Waals surface area contributed by atoms with Gasteiger partial charge in [0.15, 0.2) is 0 Å². The zero-order valence-corrected chi connectivity index (χ0v) is 10.5. The van der Waals surface area contributed by atoms with Gasteiger partial charge in [0, 0.05) is 0 Å². The minimum atomic E-state index is -4.33. The lowest BCUT2D eigenvalue weighted by molar-refractivity contribution is -0.137. The second kappa shape index (κ2) is 4.31. The van der Waals surface area contributed by atoms with Crippen LogP contribution in [0.4, 0.5) is 13.2 Å². The Morgan fingerprint density at radius 3 is 2.06 bits per heavy atom. The molecule has 0 aliphatic rings. The summed E-state index contributed by atoms with van der Waals surface area (Å²) in [6, 6.07) is 4.80. The first kappa shape index (κ1) is 13.0. The number of halogens is 4. The average molecular weight is 275 g/mol. The molecule has 0 amide bonds. The summed E-state index contributed by atoms with van der Waals surface area (Å²) in [4.78, 5) is 0. The second-order valence-corrected chi connectivity index (χ2v) is 4.32. The molecular formula is C12H10ClF3N2. The maximum absolute atomic E-state index is 12.4. The predicted octanol–water partition coefficient (Wildman–Crippen LogP) is 4.16. The summed E-state index contributed by atoms with van der Waals surface area (Å²) < 4.78 is 38.8. The molecule has 0 spiro atoms. The van der Waals surface area contributed by atoms with Crippen molar-refractivity contribution in [1.29, 1.82) is 0 Å². The number of hydrogen-bond donors (Lipinski definition) is 0. The van der Waals surface area contributed by atoms with Gasteiger partial charge in [-0.2, -0.15) is 18.3 Å². The molecule has 0 atom stereocenters. The van der Waals surface area contributed by atoms with E-state index in [1.807, 2.05) is 0 Å². The van der Waals surface area contributed by atoms with E-state index < -0.39 is 11.7 Å². The number of alkyl halides is 3. The van der Waals surface area contributed by atoms with E-state index in [1.54, 1.807) is 13.8 Å². The van der Waals surface area contributed by atoms with Crippen LogP contribution in [0.5, 0.6) is 0 Å². The molecule has 0 N–H and O–H groups in total. The van der Waals surface area contributed by atoms with Crippen LogP contribution in [0.1, 0.15) is 17.0 Å². The first-order valence-corrected chi connectivity index (χ1v) is 5.58. The van der Waals surface area contributed by atoms with Crippen LogP contribution in [0.15, 0.2) is 24.3 Å². The third-order valence-electron chi connectivity index (χ3n) is 2.64. The van der Waals surface area contributed by atoms with Crippen LogP contribution in [0.2, 0.25) is 5.02 Å². The molecule has 0 fully saturated rings. The van der Waals surface area contributed by atoms with Crippen LogP contribution in [0.3, 0.4) is 0 Å². The van der Waals surface area contributed by atoms with Crippen LogP contribution >= 0.6 is 11.6 Å². The molecule has 1 aromatic heterocycles. The van der Waals surface area contributed by atoms with E-state index in [9.17, 15) is 13.2 Å². The topological polar surface area (TPSA) is 17.8 Å². The molecule has 6 heteroatoms. The van der Waals surface area contributed by atoms with E-state index in [0.29, 0.717) is 22.1 Å². The molecule has 0 saturated heterocycles. The van der Waals surface area contributed by atoms with E-state index in [0.717, 1.165) is 12.1 Å². The molecule has 0 saturated carbocycles. The Balaban J connectivity index is 2.44. The van der Waals surface area contributed by atoms with Crippen LogP contribution < -0.4 is 0 Å². The van der Waals surface area contributed by atoms with Gasteiger partial charge in [0.25, 0.3) is 0 Å². The Kier molecular flexibility index (Phi) is 3.11. The van der Waals surface area contributed by atoms with Crippen LogP contribution in [0.25, 0.3) is 5.69 Å². The molecule has 0 radical (unpaired) electrons. The SMILES string of the molecule is Cc1nn(-c2ccc(C(F)(F)F)cc2)c(C)c1Cl. The molecule has 0 bridgehead atoms. The lowest BCUT2D eigenvalue weighted by atomic mass is 10.2. The quantitative estimate of drug-likeness (QED) is 0.763. The number of aromatic nitrogens is 2. The minimum absolute atomic E-state index is 0.523. The van der Waals surface area contributed by atoms with E-state index in [1.165, 1.54) is 16.8 Å². The number of nitrogens with zero attached hydrogens (tertiary/aromatic N) is 2. The Labute approximate surface area is 107 Å². The Morgan fingerprint density at radius 2 is 1.67 bits per heavy atom. The monoisotopic (exact) mass is 274 g/mol. The zero-order chi connectivity index (χ0) is 13.5. The molecule has 1 aromatic carbocycles. The molecule has 0 aliphatic heterocycles. The fraction of sp³-hybridized carbons (Fsp3) is 0.250. The van der Waals surface area contributed by atoms with Crippen molar-refractivity contribution >= 4 is 11.6 Å². The van der Waals surface area contributed by atoms with Crippen molar-refractivity contribution in [2.45, 2.75) is 20.0 Å². The van der Waals surface area contributed by atoms with Crippen molar-refractivity contribution in [2.75, 3.05) is 0 Å². The number of hydrogen-bond acceptors (Lipinski definition) is 1. The molecule has 2 rings (SSSR count). The second-order valence-electron chi connectivity index (χ2n) is 3.94. The molecule has 18 heavy (non-hydrogen) atoms. The fourth-order valence-corrected chi connectivity index (χ4v) is 1.78. The summed E-state index contributed by atoms with van der Waals surface area (Å²) >= 11 is 5.99. The van der Waals surface area contributed by atoms with Crippen molar-refractivity contribution in [1.82, 2.24) is 9.78 Å². The average Bonchev–Trinajstić information content (AvgIpc) is 2.56. The summed E-state index contributed by atoms with van der Waals surface area (Å²) in [5, 5.41) is 4.70. The predicted molar refractivity (Wildman–Crippen MR) is 63.1 cm³/mol. The molecule has 0 unspecified atom stereocenters. The van der Waals surface area contributed by atoms with Crippen molar-refractivity contribution in [3.05, 3.63) is 46.2 Å². The van der Waals surface area contributed by atoms with Gasteiger partial charge in [-0.3, -0.25) is 0 Å². The first-order chi connectivity index (χ1) is 8.30. The van der Waals surface area contributed by atoms with Crippen molar-refractivity contribution in [2.24, 2.45) is 0 Å². The Hall–Kier alpha value is -1.49. The van der Waals surface area contributed by atoms with Gasteiger partial charge in [0.1, 0.15) is 0 Å². The van der Waals surface area contributed by atoms with E-state index >= 15 is 0 Å². The van der Waals surface area contributed by atoms with Gasteiger partial charge < -0.3 is 0 Å². The normalized spacial score (nSPS) is 11.9. The van der Waals surface area contributed by atoms with Crippen LogP contribution in [0, 0.1) is 13.8 Å². The van der Waals surface area contributed by atoms with E-state index in [2.05, 4.69) is 5.10 Å². The summed E-state index contributed by atoms with van der Waals surface area (Å²) in [6.45, 7) is 3.51. The van der Waals surface area contributed by atoms with Crippen LogP contribution in [-0.4, -0.2) is 9.78 Å². The third-order valence-corrected chi connectivity index (χ3v) is 3.19. The Bertz CT molecular complexity index is 570. The highest BCUT2D eigenvalue weighted by Crippen LogP contribution is 2.30. The zero-order valence-electron chi connectivity index (χ0n) is 9.72. The first-order valence-electron chi connectivity index (χ1n) is 5.20. The molecule has 1 heterocycles. The van der Waals surface area contributed by atoms with Gasteiger partial charge in [0.2, 0.25) is 0 Å². The smallest absolute Gasteiger partial charge is 0.236 e.